The summed E-state index contributed by atoms with van der Waals surface area (Å²) in [4.78, 5) is 0. The second-order valence-electron chi connectivity index (χ2n) is 5.65. The number of hydrogen-bond donors (Lipinski definition) is 0. The fourth-order valence-electron chi connectivity index (χ4n) is 2.78. The minimum absolute atomic E-state index is 0.0578. The Morgan fingerprint density at radius 3 is 2.71 bits per heavy atom. The SMILES string of the molecule is CC(C)C=C1CCCC[C@H]1O[C@H]1CCCCO1. The molecule has 0 unspecified atom stereocenters. The first-order valence-corrected chi connectivity index (χ1v) is 7.23. The summed E-state index contributed by atoms with van der Waals surface area (Å²) < 4.78 is 11.8. The number of ether oxygens (including phenoxy) is 2. The van der Waals surface area contributed by atoms with Crippen molar-refractivity contribution in [2.75, 3.05) is 6.61 Å². The molecule has 2 atom stereocenters. The Labute approximate surface area is 105 Å². The lowest BCUT2D eigenvalue weighted by Crippen LogP contribution is -2.30. The Balaban J connectivity index is 1.91. The largest absolute Gasteiger partial charge is 0.353 e. The van der Waals surface area contributed by atoms with Crippen LogP contribution in [0.5, 0.6) is 0 Å². The van der Waals surface area contributed by atoms with E-state index < -0.39 is 0 Å². The molecule has 2 fully saturated rings. The molecule has 0 bridgehead atoms. The van der Waals surface area contributed by atoms with Crippen LogP contribution in [0.15, 0.2) is 11.6 Å². The standard InChI is InChI=1S/C15H26O2/c1-12(2)11-13-7-3-4-8-14(13)17-15-9-5-6-10-16-15/h11-12,14-15H,3-10H2,1-2H3/t14-,15+/m1/s1. The summed E-state index contributed by atoms with van der Waals surface area (Å²) in [5.41, 5.74) is 1.51. The summed E-state index contributed by atoms with van der Waals surface area (Å²) in [6.07, 6.45) is 11.3. The minimum atomic E-state index is 0.0578. The van der Waals surface area contributed by atoms with E-state index in [2.05, 4.69) is 19.9 Å². The van der Waals surface area contributed by atoms with E-state index in [9.17, 15) is 0 Å². The van der Waals surface area contributed by atoms with Gasteiger partial charge in [0.25, 0.3) is 0 Å². The van der Waals surface area contributed by atoms with Crippen LogP contribution in [0.2, 0.25) is 0 Å². The highest BCUT2D eigenvalue weighted by atomic mass is 16.7. The summed E-state index contributed by atoms with van der Waals surface area (Å²) in [5.74, 6) is 0.626. The Bertz CT molecular complexity index is 252. The third-order valence-corrected chi connectivity index (χ3v) is 3.60. The number of hydrogen-bond acceptors (Lipinski definition) is 2. The molecule has 2 nitrogen and oxygen atoms in total. The smallest absolute Gasteiger partial charge is 0.158 e. The van der Waals surface area contributed by atoms with Crippen molar-refractivity contribution >= 4 is 0 Å². The maximum absolute atomic E-state index is 6.16. The molecular weight excluding hydrogens is 212 g/mol. The fraction of sp³-hybridized carbons (Fsp3) is 0.867. The highest BCUT2D eigenvalue weighted by molar-refractivity contribution is 5.12. The highest BCUT2D eigenvalue weighted by Crippen LogP contribution is 2.29. The second kappa shape index (κ2) is 6.55. The zero-order valence-corrected chi connectivity index (χ0v) is 11.3. The van der Waals surface area contributed by atoms with E-state index in [4.69, 9.17) is 9.47 Å². The Morgan fingerprint density at radius 1 is 1.18 bits per heavy atom. The molecule has 0 N–H and O–H groups in total. The third-order valence-electron chi connectivity index (χ3n) is 3.60. The first-order valence-electron chi connectivity index (χ1n) is 7.23. The molecule has 0 aromatic heterocycles. The second-order valence-corrected chi connectivity index (χ2v) is 5.65. The van der Waals surface area contributed by atoms with Gasteiger partial charge in [0.2, 0.25) is 0 Å². The molecule has 2 rings (SSSR count). The van der Waals surface area contributed by atoms with E-state index in [-0.39, 0.29) is 6.29 Å². The summed E-state index contributed by atoms with van der Waals surface area (Å²) in [6, 6.07) is 0. The zero-order chi connectivity index (χ0) is 12.1. The van der Waals surface area contributed by atoms with E-state index >= 15 is 0 Å². The van der Waals surface area contributed by atoms with Crippen LogP contribution in [0.1, 0.15) is 58.8 Å². The van der Waals surface area contributed by atoms with Gasteiger partial charge < -0.3 is 9.47 Å². The van der Waals surface area contributed by atoms with Gasteiger partial charge in [-0.05, 0) is 50.0 Å². The van der Waals surface area contributed by atoms with Gasteiger partial charge in [-0.15, -0.1) is 0 Å². The molecule has 1 saturated carbocycles. The van der Waals surface area contributed by atoms with Gasteiger partial charge in [-0.25, -0.2) is 0 Å². The molecule has 0 spiro atoms. The predicted molar refractivity (Wildman–Crippen MR) is 69.9 cm³/mol. The average Bonchev–Trinajstić information content (AvgIpc) is 2.32. The molecular formula is C15H26O2. The summed E-state index contributed by atoms with van der Waals surface area (Å²) in [7, 11) is 0. The lowest BCUT2D eigenvalue weighted by Gasteiger charge is -2.32. The maximum Gasteiger partial charge on any atom is 0.158 e. The average molecular weight is 238 g/mol. The van der Waals surface area contributed by atoms with Crippen molar-refractivity contribution in [1.29, 1.82) is 0 Å². The van der Waals surface area contributed by atoms with E-state index in [1.165, 1.54) is 44.1 Å². The summed E-state index contributed by atoms with van der Waals surface area (Å²) >= 11 is 0. The van der Waals surface area contributed by atoms with Gasteiger partial charge in [-0.1, -0.05) is 26.3 Å². The van der Waals surface area contributed by atoms with Crippen LogP contribution in [0.4, 0.5) is 0 Å². The number of allylic oxidation sites excluding steroid dienone is 1. The highest BCUT2D eigenvalue weighted by Gasteiger charge is 2.24. The Hall–Kier alpha value is -0.340. The van der Waals surface area contributed by atoms with Crippen LogP contribution in [0, 0.1) is 5.92 Å². The first kappa shape index (κ1) is 13.1. The van der Waals surface area contributed by atoms with Crippen molar-refractivity contribution in [3.63, 3.8) is 0 Å². The summed E-state index contributed by atoms with van der Waals surface area (Å²) in [5, 5.41) is 0. The normalized spacial score (nSPS) is 33.2. The number of rotatable bonds is 3. The van der Waals surface area contributed by atoms with Crippen molar-refractivity contribution in [3.8, 4) is 0 Å². The van der Waals surface area contributed by atoms with E-state index in [0.717, 1.165) is 13.0 Å². The van der Waals surface area contributed by atoms with Crippen molar-refractivity contribution < 1.29 is 9.47 Å². The van der Waals surface area contributed by atoms with Crippen LogP contribution >= 0.6 is 0 Å². The lowest BCUT2D eigenvalue weighted by atomic mass is 9.90. The van der Waals surface area contributed by atoms with Gasteiger partial charge in [0, 0.05) is 6.61 Å². The van der Waals surface area contributed by atoms with Crippen molar-refractivity contribution in [2.24, 2.45) is 5.92 Å². The van der Waals surface area contributed by atoms with Crippen LogP contribution in [-0.4, -0.2) is 19.0 Å². The van der Waals surface area contributed by atoms with Crippen molar-refractivity contribution in [1.82, 2.24) is 0 Å². The Morgan fingerprint density at radius 2 is 2.00 bits per heavy atom. The predicted octanol–water partition coefficient (Wildman–Crippen LogP) is 4.05. The van der Waals surface area contributed by atoms with Gasteiger partial charge >= 0.3 is 0 Å². The molecule has 1 saturated heterocycles. The van der Waals surface area contributed by atoms with Gasteiger partial charge in [0.1, 0.15) is 0 Å². The maximum atomic E-state index is 6.16. The van der Waals surface area contributed by atoms with Crippen LogP contribution < -0.4 is 0 Å². The van der Waals surface area contributed by atoms with Crippen molar-refractivity contribution in [3.05, 3.63) is 11.6 Å². The molecule has 1 heterocycles. The van der Waals surface area contributed by atoms with E-state index in [1.54, 1.807) is 0 Å². The zero-order valence-electron chi connectivity index (χ0n) is 11.3. The van der Waals surface area contributed by atoms with Crippen molar-refractivity contribution in [2.45, 2.75) is 71.2 Å². The lowest BCUT2D eigenvalue weighted by molar-refractivity contribution is -0.183. The van der Waals surface area contributed by atoms with Crippen LogP contribution in [0.25, 0.3) is 0 Å². The van der Waals surface area contributed by atoms with Gasteiger partial charge in [0.15, 0.2) is 6.29 Å². The van der Waals surface area contributed by atoms with Gasteiger partial charge in [0.05, 0.1) is 6.10 Å². The molecule has 2 aliphatic rings. The monoisotopic (exact) mass is 238 g/mol. The van der Waals surface area contributed by atoms with E-state index in [0.29, 0.717) is 12.0 Å². The minimum Gasteiger partial charge on any atom is -0.353 e. The first-order chi connectivity index (χ1) is 8.25. The molecule has 0 radical (unpaired) electrons. The third kappa shape index (κ3) is 4.11. The molecule has 1 aliphatic carbocycles. The molecule has 1 aliphatic heterocycles. The quantitative estimate of drug-likeness (QED) is 0.690. The van der Waals surface area contributed by atoms with Crippen LogP contribution in [0.3, 0.4) is 0 Å². The van der Waals surface area contributed by atoms with Gasteiger partial charge in [-0.3, -0.25) is 0 Å². The van der Waals surface area contributed by atoms with E-state index in [1.807, 2.05) is 0 Å². The molecule has 0 aromatic carbocycles. The topological polar surface area (TPSA) is 18.5 Å². The fourth-order valence-corrected chi connectivity index (χ4v) is 2.78. The van der Waals surface area contributed by atoms with Gasteiger partial charge in [-0.2, -0.15) is 0 Å². The molecule has 0 amide bonds. The summed E-state index contributed by atoms with van der Waals surface area (Å²) in [6.45, 7) is 5.37. The molecule has 2 heteroatoms. The Kier molecular flexibility index (Phi) is 5.05. The van der Waals surface area contributed by atoms with Crippen LogP contribution in [-0.2, 0) is 9.47 Å². The molecule has 98 valence electrons. The molecule has 17 heavy (non-hydrogen) atoms. The molecule has 0 aromatic rings.